The van der Waals surface area contributed by atoms with E-state index in [-0.39, 0.29) is 0 Å². The Morgan fingerprint density at radius 2 is 1.73 bits per heavy atom. The van der Waals surface area contributed by atoms with Crippen molar-refractivity contribution in [3.8, 4) is 0 Å². The molecule has 0 fully saturated rings. The highest BCUT2D eigenvalue weighted by molar-refractivity contribution is 9.10. The van der Waals surface area contributed by atoms with Crippen LogP contribution in [0, 0.1) is 6.92 Å². The van der Waals surface area contributed by atoms with Gasteiger partial charge in [-0.05, 0) is 36.1 Å². The minimum absolute atomic E-state index is 0.572. The van der Waals surface area contributed by atoms with Crippen LogP contribution in [0.4, 0.5) is 0 Å². The number of aryl methyl sites for hydroxylation is 1. The Bertz CT molecular complexity index is 789. The third-order valence-electron chi connectivity index (χ3n) is 3.58. The van der Waals surface area contributed by atoms with E-state index in [0.29, 0.717) is 6.54 Å². The van der Waals surface area contributed by atoms with Gasteiger partial charge in [-0.3, -0.25) is 0 Å². The van der Waals surface area contributed by atoms with Crippen LogP contribution < -0.4 is 4.72 Å². The van der Waals surface area contributed by atoms with Crippen molar-refractivity contribution in [3.05, 3.63) is 76.3 Å². The van der Waals surface area contributed by atoms with Crippen molar-refractivity contribution in [2.24, 2.45) is 0 Å². The topological polar surface area (TPSA) is 35.1 Å². The molecular weight excluding hydrogens is 358 g/mol. The Morgan fingerprint density at radius 1 is 1.00 bits per heavy atom. The summed E-state index contributed by atoms with van der Waals surface area (Å²) >= 11 is 2.18. The molecule has 0 radical (unpaired) electrons. The summed E-state index contributed by atoms with van der Waals surface area (Å²) in [5.74, 6) is 0. The van der Waals surface area contributed by atoms with Crippen molar-refractivity contribution in [3.63, 3.8) is 0 Å². The average molecular weight is 374 g/mol. The van der Waals surface area contributed by atoms with E-state index in [1.807, 2.05) is 61.5 Å². The van der Waals surface area contributed by atoms with E-state index in [1.165, 1.54) is 0 Å². The molecule has 0 bridgehead atoms. The molecule has 1 N–H and O–H groups in total. The molecule has 0 spiro atoms. The number of hydrogen-bond acceptors (Lipinski definition) is 2. The van der Waals surface area contributed by atoms with Gasteiger partial charge >= 0.3 is 0 Å². The fraction of sp³-hybridized carbons (Fsp3) is 0.111. The van der Waals surface area contributed by atoms with Gasteiger partial charge in [-0.1, -0.05) is 58.4 Å². The molecule has 0 saturated carbocycles. The molecule has 0 aliphatic heterocycles. The molecule has 112 valence electrons. The summed E-state index contributed by atoms with van der Waals surface area (Å²) in [7, 11) is 0. The van der Waals surface area contributed by atoms with Gasteiger partial charge in [-0.2, -0.15) is 0 Å². The second kappa shape index (κ2) is 6.84. The quantitative estimate of drug-likeness (QED) is 0.671. The van der Waals surface area contributed by atoms with Gasteiger partial charge in [0, 0.05) is 15.4 Å². The second-order valence-electron chi connectivity index (χ2n) is 5.15. The lowest BCUT2D eigenvalue weighted by Gasteiger charge is -2.15. The fourth-order valence-corrected chi connectivity index (χ4v) is 3.87. The van der Waals surface area contributed by atoms with E-state index in [4.69, 9.17) is 0 Å². The zero-order chi connectivity index (χ0) is 15.5. The molecule has 0 aliphatic carbocycles. The summed E-state index contributed by atoms with van der Waals surface area (Å²) in [6.45, 7) is 2.57. The minimum atomic E-state index is -1.24. The maximum absolute atomic E-state index is 12.7. The first-order valence-electron chi connectivity index (χ1n) is 7.03. The lowest BCUT2D eigenvalue weighted by atomic mass is 10.1. The maximum atomic E-state index is 12.7. The predicted octanol–water partition coefficient (Wildman–Crippen LogP) is 4.72. The summed E-state index contributed by atoms with van der Waals surface area (Å²) in [5.41, 5.74) is 2.15. The number of halogens is 1. The normalized spacial score (nSPS) is 12.5. The lowest BCUT2D eigenvalue weighted by molar-refractivity contribution is 0.580. The van der Waals surface area contributed by atoms with E-state index in [2.05, 4.69) is 26.7 Å². The Morgan fingerprint density at radius 3 is 2.50 bits per heavy atom. The first-order valence-corrected chi connectivity index (χ1v) is 8.97. The second-order valence-corrected chi connectivity index (χ2v) is 7.30. The average Bonchev–Trinajstić information content (AvgIpc) is 2.54. The molecule has 0 aromatic heterocycles. The maximum Gasteiger partial charge on any atom is 0.184 e. The van der Waals surface area contributed by atoms with Crippen LogP contribution in [0.15, 0.2) is 70.0 Å². The molecule has 4 heteroatoms. The van der Waals surface area contributed by atoms with Gasteiger partial charge in [0.1, 0.15) is 0 Å². The highest BCUT2D eigenvalue weighted by Crippen LogP contribution is 2.26. The molecule has 0 aliphatic rings. The van der Waals surface area contributed by atoms with Crippen LogP contribution >= 0.6 is 15.9 Å². The van der Waals surface area contributed by atoms with Gasteiger partial charge in [-0.25, -0.2) is 0 Å². The van der Waals surface area contributed by atoms with E-state index in [1.54, 1.807) is 0 Å². The summed E-state index contributed by atoms with van der Waals surface area (Å²) in [6.07, 6.45) is 0. The zero-order valence-corrected chi connectivity index (χ0v) is 14.6. The summed E-state index contributed by atoms with van der Waals surface area (Å²) in [6, 6.07) is 20.2. The number of rotatable bonds is 4. The van der Waals surface area contributed by atoms with Gasteiger partial charge in [0.25, 0.3) is 0 Å². The molecule has 0 heterocycles. The van der Waals surface area contributed by atoms with Crippen LogP contribution in [0.2, 0.25) is 0 Å². The lowest BCUT2D eigenvalue weighted by Crippen LogP contribution is -2.24. The van der Waals surface area contributed by atoms with Crippen LogP contribution in [-0.4, -0.2) is 4.55 Å². The molecule has 1 unspecified atom stereocenters. The molecule has 3 aromatic rings. The summed E-state index contributed by atoms with van der Waals surface area (Å²) < 4.78 is 16.9. The smallest absolute Gasteiger partial charge is 0.184 e. The van der Waals surface area contributed by atoms with E-state index >= 15 is 0 Å². The molecule has 2 nitrogen and oxygen atoms in total. The fourth-order valence-electron chi connectivity index (χ4n) is 2.42. The van der Waals surface area contributed by atoms with Crippen molar-refractivity contribution in [2.45, 2.75) is 18.4 Å². The Balaban J connectivity index is 1.84. The molecule has 1 atom stereocenters. The van der Waals surface area contributed by atoms with Crippen molar-refractivity contribution in [1.29, 1.82) is 0 Å². The SMILES string of the molecule is Cc1ccc2ccccc2c1[S+]([O-])NCc1ccc(Br)cc1. The van der Waals surface area contributed by atoms with Crippen LogP contribution in [-0.2, 0) is 17.9 Å². The van der Waals surface area contributed by atoms with Gasteiger partial charge in [0.2, 0.25) is 0 Å². The van der Waals surface area contributed by atoms with Crippen LogP contribution in [0.3, 0.4) is 0 Å². The zero-order valence-electron chi connectivity index (χ0n) is 12.2. The minimum Gasteiger partial charge on any atom is -0.593 e. The van der Waals surface area contributed by atoms with Gasteiger partial charge < -0.3 is 4.55 Å². The molecule has 3 rings (SSSR count). The van der Waals surface area contributed by atoms with E-state index in [0.717, 1.165) is 31.3 Å². The Labute approximate surface area is 142 Å². The molecule has 0 amide bonds. The van der Waals surface area contributed by atoms with Crippen LogP contribution in [0.1, 0.15) is 11.1 Å². The van der Waals surface area contributed by atoms with Crippen molar-refractivity contribution >= 4 is 38.1 Å². The first kappa shape index (κ1) is 15.6. The third-order valence-corrected chi connectivity index (χ3v) is 5.43. The molecular formula is C18H16BrNOS. The van der Waals surface area contributed by atoms with E-state index in [9.17, 15) is 4.55 Å². The predicted molar refractivity (Wildman–Crippen MR) is 96.1 cm³/mol. The number of benzene rings is 3. The third kappa shape index (κ3) is 3.36. The van der Waals surface area contributed by atoms with Crippen molar-refractivity contribution < 1.29 is 4.55 Å². The Kier molecular flexibility index (Phi) is 4.84. The van der Waals surface area contributed by atoms with Crippen LogP contribution in [0.5, 0.6) is 0 Å². The van der Waals surface area contributed by atoms with Crippen molar-refractivity contribution in [2.75, 3.05) is 0 Å². The number of hydrogen-bond donors (Lipinski definition) is 1. The standard InChI is InChI=1S/C18H16BrNOS/c1-13-6-9-15-4-2-3-5-17(15)18(13)22(21)20-12-14-7-10-16(19)11-8-14/h2-11,20H,12H2,1H3. The first-order chi connectivity index (χ1) is 10.6. The molecule has 3 aromatic carbocycles. The van der Waals surface area contributed by atoms with Gasteiger partial charge in [0.15, 0.2) is 4.90 Å². The van der Waals surface area contributed by atoms with Gasteiger partial charge in [0.05, 0.1) is 17.9 Å². The van der Waals surface area contributed by atoms with E-state index < -0.39 is 11.4 Å². The van der Waals surface area contributed by atoms with Crippen LogP contribution in [0.25, 0.3) is 10.8 Å². The molecule has 0 saturated heterocycles. The summed E-state index contributed by atoms with van der Waals surface area (Å²) in [5, 5.41) is 2.16. The van der Waals surface area contributed by atoms with Crippen molar-refractivity contribution in [1.82, 2.24) is 4.72 Å². The number of fused-ring (bicyclic) bond motifs is 1. The summed E-state index contributed by atoms with van der Waals surface area (Å²) in [4.78, 5) is 0.871. The largest absolute Gasteiger partial charge is 0.593 e. The monoisotopic (exact) mass is 373 g/mol. The number of nitrogens with one attached hydrogen (secondary N) is 1. The highest BCUT2D eigenvalue weighted by atomic mass is 79.9. The highest BCUT2D eigenvalue weighted by Gasteiger charge is 2.18. The van der Waals surface area contributed by atoms with Gasteiger partial charge in [-0.15, -0.1) is 4.72 Å². The molecule has 22 heavy (non-hydrogen) atoms. The Hall–Kier alpha value is -1.33.